The minimum atomic E-state index is -0.0839. The van der Waals surface area contributed by atoms with E-state index in [0.717, 1.165) is 16.8 Å². The van der Waals surface area contributed by atoms with Crippen molar-refractivity contribution in [3.63, 3.8) is 0 Å². The summed E-state index contributed by atoms with van der Waals surface area (Å²) in [6.07, 6.45) is 0. The monoisotopic (exact) mass is 322 g/mol. The third kappa shape index (κ3) is 3.18. The predicted molar refractivity (Wildman–Crippen MR) is 95.2 cm³/mol. The highest BCUT2D eigenvalue weighted by Gasteiger charge is 2.33. The summed E-state index contributed by atoms with van der Waals surface area (Å²) in [5, 5.41) is 0. The fourth-order valence-corrected chi connectivity index (χ4v) is 2.96. The Morgan fingerprint density at radius 1 is 0.958 bits per heavy atom. The molecule has 1 aliphatic rings. The van der Waals surface area contributed by atoms with Gasteiger partial charge in [0.05, 0.1) is 0 Å². The van der Waals surface area contributed by atoms with Crippen LogP contribution in [0.3, 0.4) is 0 Å². The summed E-state index contributed by atoms with van der Waals surface area (Å²) in [5.74, 6) is -0.128. The molecule has 0 aromatic heterocycles. The number of carbonyl (C=O) groups excluding carboxylic acids is 2. The van der Waals surface area contributed by atoms with E-state index in [-0.39, 0.29) is 24.4 Å². The molecule has 3 rings (SSSR count). The molecular formula is C20H22N2O2. The lowest BCUT2D eigenvalue weighted by atomic mass is 10.1. The first-order chi connectivity index (χ1) is 11.5. The summed E-state index contributed by atoms with van der Waals surface area (Å²) in [5.41, 5.74) is 3.79. The minimum Gasteiger partial charge on any atom is -0.325 e. The molecule has 24 heavy (non-hydrogen) atoms. The van der Waals surface area contributed by atoms with E-state index < -0.39 is 0 Å². The fourth-order valence-electron chi connectivity index (χ4n) is 2.96. The van der Waals surface area contributed by atoms with Gasteiger partial charge in [0, 0.05) is 23.8 Å². The quantitative estimate of drug-likeness (QED) is 0.852. The molecular weight excluding hydrogens is 300 g/mol. The van der Waals surface area contributed by atoms with Crippen LogP contribution >= 0.6 is 0 Å². The molecule has 4 heteroatoms. The van der Waals surface area contributed by atoms with Crippen molar-refractivity contribution in [2.24, 2.45) is 0 Å². The topological polar surface area (TPSA) is 40.6 Å². The van der Waals surface area contributed by atoms with Crippen LogP contribution in [0, 0.1) is 13.8 Å². The van der Waals surface area contributed by atoms with Gasteiger partial charge in [0.1, 0.15) is 6.54 Å². The molecule has 124 valence electrons. The average molecular weight is 322 g/mol. The Bertz CT molecular complexity index is 750. The molecule has 0 aliphatic carbocycles. The zero-order valence-corrected chi connectivity index (χ0v) is 14.3. The summed E-state index contributed by atoms with van der Waals surface area (Å²) in [6.45, 7) is 6.62. The molecule has 1 heterocycles. The van der Waals surface area contributed by atoms with Crippen molar-refractivity contribution in [1.82, 2.24) is 4.90 Å². The Morgan fingerprint density at radius 2 is 1.50 bits per heavy atom. The van der Waals surface area contributed by atoms with Gasteiger partial charge in [-0.1, -0.05) is 35.4 Å². The third-order valence-corrected chi connectivity index (χ3v) is 4.49. The number of hydrogen-bond donors (Lipinski definition) is 0. The molecule has 1 aliphatic heterocycles. The summed E-state index contributed by atoms with van der Waals surface area (Å²) < 4.78 is 0. The van der Waals surface area contributed by atoms with Gasteiger partial charge in [0.2, 0.25) is 5.91 Å². The molecule has 2 aromatic rings. The van der Waals surface area contributed by atoms with E-state index in [2.05, 4.69) is 0 Å². The Balaban J connectivity index is 1.77. The molecule has 2 aromatic carbocycles. The van der Waals surface area contributed by atoms with Crippen molar-refractivity contribution < 1.29 is 9.59 Å². The van der Waals surface area contributed by atoms with Crippen LogP contribution in [0.1, 0.15) is 28.4 Å². The van der Waals surface area contributed by atoms with E-state index in [1.54, 1.807) is 9.80 Å². The maximum Gasteiger partial charge on any atom is 0.254 e. The van der Waals surface area contributed by atoms with Gasteiger partial charge in [-0.25, -0.2) is 0 Å². The number of rotatable bonds is 2. The number of carbonyl (C=O) groups is 2. The van der Waals surface area contributed by atoms with Crippen LogP contribution < -0.4 is 4.90 Å². The zero-order chi connectivity index (χ0) is 17.3. The van der Waals surface area contributed by atoms with Crippen molar-refractivity contribution in [3.05, 3.63) is 65.2 Å². The highest BCUT2D eigenvalue weighted by molar-refractivity contribution is 6.02. The van der Waals surface area contributed by atoms with Gasteiger partial charge in [-0.3, -0.25) is 9.59 Å². The molecule has 0 bridgehead atoms. The maximum absolute atomic E-state index is 12.7. The van der Waals surface area contributed by atoms with Gasteiger partial charge in [-0.15, -0.1) is 0 Å². The SMILES string of the molecule is Cc1ccc(C(=O)N2CC(=O)N(c3ccc(C)cc3)C[C@H]2C)cc1. The lowest BCUT2D eigenvalue weighted by molar-refractivity contribution is -0.121. The van der Waals surface area contributed by atoms with Gasteiger partial charge in [-0.05, 0) is 45.0 Å². The first-order valence-corrected chi connectivity index (χ1v) is 8.20. The number of hydrogen-bond acceptors (Lipinski definition) is 2. The summed E-state index contributed by atoms with van der Waals surface area (Å²) in [4.78, 5) is 28.7. The molecule has 1 atom stereocenters. The number of anilines is 1. The van der Waals surface area contributed by atoms with Crippen molar-refractivity contribution in [3.8, 4) is 0 Å². The molecule has 2 amide bonds. The van der Waals surface area contributed by atoms with Crippen molar-refractivity contribution in [2.75, 3.05) is 18.0 Å². The summed E-state index contributed by atoms with van der Waals surface area (Å²) >= 11 is 0. The second kappa shape index (κ2) is 6.48. The Labute approximate surface area is 142 Å². The predicted octanol–water partition coefficient (Wildman–Crippen LogP) is 3.18. The summed E-state index contributed by atoms with van der Waals surface area (Å²) in [6, 6.07) is 15.4. The first kappa shape index (κ1) is 16.2. The second-order valence-electron chi connectivity index (χ2n) is 6.49. The molecule has 0 saturated carbocycles. The summed E-state index contributed by atoms with van der Waals surface area (Å²) in [7, 11) is 0. The van der Waals surface area contributed by atoms with E-state index in [4.69, 9.17) is 0 Å². The molecule has 0 spiro atoms. The van der Waals surface area contributed by atoms with Crippen molar-refractivity contribution in [2.45, 2.75) is 26.8 Å². The fraction of sp³-hybridized carbons (Fsp3) is 0.300. The molecule has 0 radical (unpaired) electrons. The first-order valence-electron chi connectivity index (χ1n) is 8.20. The maximum atomic E-state index is 12.7. The zero-order valence-electron chi connectivity index (χ0n) is 14.3. The van der Waals surface area contributed by atoms with Crippen LogP contribution in [0.25, 0.3) is 0 Å². The highest BCUT2D eigenvalue weighted by atomic mass is 16.2. The van der Waals surface area contributed by atoms with Gasteiger partial charge < -0.3 is 9.80 Å². The van der Waals surface area contributed by atoms with Crippen LogP contribution in [0.15, 0.2) is 48.5 Å². The third-order valence-electron chi connectivity index (χ3n) is 4.49. The lowest BCUT2D eigenvalue weighted by Gasteiger charge is -2.39. The minimum absolute atomic E-state index is 0.0298. The van der Waals surface area contributed by atoms with Crippen LogP contribution in [0.5, 0.6) is 0 Å². The van der Waals surface area contributed by atoms with Crippen molar-refractivity contribution >= 4 is 17.5 Å². The van der Waals surface area contributed by atoms with Crippen LogP contribution in [0.4, 0.5) is 5.69 Å². The Morgan fingerprint density at radius 3 is 2.08 bits per heavy atom. The molecule has 0 unspecified atom stereocenters. The largest absolute Gasteiger partial charge is 0.325 e. The van der Waals surface area contributed by atoms with E-state index >= 15 is 0 Å². The van der Waals surface area contributed by atoms with Gasteiger partial charge in [-0.2, -0.15) is 0 Å². The second-order valence-corrected chi connectivity index (χ2v) is 6.49. The number of amides is 2. The van der Waals surface area contributed by atoms with E-state index in [9.17, 15) is 9.59 Å². The molecule has 0 N–H and O–H groups in total. The van der Waals surface area contributed by atoms with E-state index in [0.29, 0.717) is 12.1 Å². The van der Waals surface area contributed by atoms with Crippen molar-refractivity contribution in [1.29, 1.82) is 0 Å². The van der Waals surface area contributed by atoms with Crippen LogP contribution in [-0.4, -0.2) is 35.8 Å². The normalized spacial score (nSPS) is 18.0. The number of piperazine rings is 1. The van der Waals surface area contributed by atoms with Gasteiger partial charge in [0.15, 0.2) is 0 Å². The van der Waals surface area contributed by atoms with E-state index in [1.807, 2.05) is 69.3 Å². The Hall–Kier alpha value is -2.62. The van der Waals surface area contributed by atoms with Gasteiger partial charge >= 0.3 is 0 Å². The molecule has 4 nitrogen and oxygen atoms in total. The number of benzene rings is 2. The smallest absolute Gasteiger partial charge is 0.254 e. The van der Waals surface area contributed by atoms with E-state index in [1.165, 1.54) is 0 Å². The van der Waals surface area contributed by atoms with Gasteiger partial charge in [0.25, 0.3) is 5.91 Å². The highest BCUT2D eigenvalue weighted by Crippen LogP contribution is 2.22. The average Bonchev–Trinajstić information content (AvgIpc) is 2.57. The lowest BCUT2D eigenvalue weighted by Crippen LogP contribution is -2.57. The number of nitrogens with zero attached hydrogens (tertiary/aromatic N) is 2. The standard InChI is InChI=1S/C20H22N2O2/c1-14-4-8-17(9-5-14)20(24)21-13-19(23)22(12-16(21)3)18-10-6-15(2)7-11-18/h4-11,16H,12-13H2,1-3H3/t16-/m1/s1. The van der Waals surface area contributed by atoms with Crippen LogP contribution in [0.2, 0.25) is 0 Å². The Kier molecular flexibility index (Phi) is 4.38. The molecule has 1 fully saturated rings. The number of aryl methyl sites for hydroxylation is 2. The molecule has 1 saturated heterocycles. The van der Waals surface area contributed by atoms with Crippen LogP contribution in [-0.2, 0) is 4.79 Å².